The van der Waals surface area contributed by atoms with E-state index >= 15 is 0 Å². The first kappa shape index (κ1) is 51.7. The first-order valence-electron chi connectivity index (χ1n) is 29.4. The minimum atomic E-state index is 0.554. The van der Waals surface area contributed by atoms with Crippen LogP contribution in [0.2, 0.25) is 0 Å². The molecule has 6 heterocycles. The SMILES string of the molecule is C1=C(c2ccncc2)CCC(c2nc(-c3ccc(-c4ccncc4)cc3)nc(-c3cc(-c4ccccc4)c4ccc5c(-c6nc(-c7ccc(-c8ccncc8)cc7)nc(-c7ccc(-c8ccncc8)cc7)n6)cc(-c6ccccc6)c6ccc3c4c65)n2)=C1. The van der Waals surface area contributed by atoms with Crippen LogP contribution in [0.4, 0.5) is 0 Å². The van der Waals surface area contributed by atoms with Crippen LogP contribution in [0.5, 0.6) is 0 Å². The van der Waals surface area contributed by atoms with Gasteiger partial charge in [0.2, 0.25) is 0 Å². The number of hydrogen-bond donors (Lipinski definition) is 0. The van der Waals surface area contributed by atoms with Crippen molar-refractivity contribution < 1.29 is 0 Å². The summed E-state index contributed by atoms with van der Waals surface area (Å²) >= 11 is 0. The normalized spacial score (nSPS) is 12.4. The number of allylic oxidation sites excluding steroid dienone is 4. The van der Waals surface area contributed by atoms with E-state index in [1.807, 2.05) is 86.0 Å². The molecule has 88 heavy (non-hydrogen) atoms. The largest absolute Gasteiger partial charge is 0.265 e. The van der Waals surface area contributed by atoms with E-state index in [9.17, 15) is 0 Å². The molecule has 1 aliphatic carbocycles. The molecule has 0 N–H and O–H groups in total. The molecule has 0 atom stereocenters. The molecule has 0 unspecified atom stereocenters. The summed E-state index contributed by atoms with van der Waals surface area (Å²) in [6, 6.07) is 76.4. The molecule has 1 aliphatic rings. The van der Waals surface area contributed by atoms with Crippen LogP contribution in [0.1, 0.15) is 24.2 Å². The lowest BCUT2D eigenvalue weighted by molar-refractivity contribution is 0.985. The second kappa shape index (κ2) is 22.3. The molecular weight excluding hydrogens is 1080 g/mol. The summed E-state index contributed by atoms with van der Waals surface area (Å²) < 4.78 is 0. The molecule has 9 aromatic carbocycles. The van der Waals surface area contributed by atoms with E-state index in [-0.39, 0.29) is 0 Å². The molecule has 10 nitrogen and oxygen atoms in total. The predicted octanol–water partition coefficient (Wildman–Crippen LogP) is 18.5. The molecule has 15 aromatic rings. The Kier molecular flexibility index (Phi) is 13.1. The van der Waals surface area contributed by atoms with Crippen LogP contribution in [0, 0.1) is 0 Å². The quantitative estimate of drug-likeness (QED) is 0.109. The lowest BCUT2D eigenvalue weighted by Crippen LogP contribution is -2.05. The van der Waals surface area contributed by atoms with E-state index in [1.165, 1.54) is 5.57 Å². The maximum atomic E-state index is 5.52. The van der Waals surface area contributed by atoms with Crippen molar-refractivity contribution in [2.24, 2.45) is 0 Å². The van der Waals surface area contributed by atoms with Gasteiger partial charge in [-0.25, -0.2) is 29.9 Å². The molecule has 10 heteroatoms. The van der Waals surface area contributed by atoms with Gasteiger partial charge in [-0.05, 0) is 178 Å². The van der Waals surface area contributed by atoms with Gasteiger partial charge >= 0.3 is 0 Å². The van der Waals surface area contributed by atoms with Gasteiger partial charge in [-0.3, -0.25) is 19.9 Å². The first-order chi connectivity index (χ1) is 43.6. The Morgan fingerprint density at radius 2 is 0.489 bits per heavy atom. The van der Waals surface area contributed by atoms with Crippen LogP contribution in [0.25, 0.3) is 156 Å². The molecule has 0 aliphatic heterocycles. The van der Waals surface area contributed by atoms with Crippen molar-refractivity contribution >= 4 is 43.5 Å². The van der Waals surface area contributed by atoms with Crippen LogP contribution in [0.15, 0.2) is 280 Å². The third kappa shape index (κ3) is 9.70. The second-order valence-electron chi connectivity index (χ2n) is 21.9. The molecule has 0 radical (unpaired) electrons. The maximum Gasteiger partial charge on any atom is 0.164 e. The van der Waals surface area contributed by atoms with Crippen molar-refractivity contribution in [1.29, 1.82) is 0 Å². The number of aromatic nitrogens is 10. The van der Waals surface area contributed by atoms with Crippen molar-refractivity contribution in [2.45, 2.75) is 12.8 Å². The van der Waals surface area contributed by atoms with Gasteiger partial charge in [-0.2, -0.15) is 0 Å². The Balaban J connectivity index is 0.937. The smallest absolute Gasteiger partial charge is 0.164 e. The third-order valence-corrected chi connectivity index (χ3v) is 16.8. The average Bonchev–Trinajstić information content (AvgIpc) is 0.848. The van der Waals surface area contributed by atoms with Crippen LogP contribution in [-0.4, -0.2) is 49.8 Å². The van der Waals surface area contributed by atoms with Gasteiger partial charge in [0.05, 0.1) is 0 Å². The molecule has 6 aromatic heterocycles. The number of pyridine rings is 4. The number of benzene rings is 9. The predicted molar refractivity (Wildman–Crippen MR) is 354 cm³/mol. The Morgan fingerprint density at radius 3 is 0.852 bits per heavy atom. The van der Waals surface area contributed by atoms with Crippen LogP contribution in [0.3, 0.4) is 0 Å². The van der Waals surface area contributed by atoms with E-state index < -0.39 is 0 Å². The van der Waals surface area contributed by atoms with Crippen molar-refractivity contribution in [1.82, 2.24) is 49.8 Å². The van der Waals surface area contributed by atoms with Crippen LogP contribution >= 0.6 is 0 Å². The van der Waals surface area contributed by atoms with Gasteiger partial charge in [-0.15, -0.1) is 0 Å². The molecule has 0 saturated carbocycles. The number of hydrogen-bond acceptors (Lipinski definition) is 10. The standard InChI is InChI=1S/C78H50N10/c1-3-7-57(8-4-1)67-47-69(77-85-73(59-19-11-49(12-20-59)53-31-39-79-40-32-53)83-74(86-77)60-21-13-50(14-22-60)54-33-41-80-42-34-54)65-30-28-64-68(58-9-5-2-6-10-58)48-70(66-29-27-63(67)71(65)72(64)66)78-87-75(61-23-15-51(16-24-61)55-35-43-81-44-36-55)84-76(88-78)62-25-17-52(18-26-62)56-37-45-82-46-38-56/h1-17,19-25,27-48H,18,26H2. The van der Waals surface area contributed by atoms with Gasteiger partial charge < -0.3 is 0 Å². The van der Waals surface area contributed by atoms with E-state index in [1.54, 1.807) is 0 Å². The lowest BCUT2D eigenvalue weighted by atomic mass is 9.83. The monoisotopic (exact) mass is 1130 g/mol. The highest BCUT2D eigenvalue weighted by Crippen LogP contribution is 2.49. The maximum absolute atomic E-state index is 5.52. The molecule has 0 spiro atoms. The van der Waals surface area contributed by atoms with Crippen LogP contribution in [-0.2, 0) is 0 Å². The molecular formula is C78H50N10. The van der Waals surface area contributed by atoms with E-state index in [0.717, 1.165) is 140 Å². The van der Waals surface area contributed by atoms with Gasteiger partial charge in [0.25, 0.3) is 0 Å². The second-order valence-corrected chi connectivity index (χ2v) is 21.9. The van der Waals surface area contributed by atoms with E-state index in [2.05, 4.69) is 214 Å². The minimum absolute atomic E-state index is 0.554. The minimum Gasteiger partial charge on any atom is -0.265 e. The summed E-state index contributed by atoms with van der Waals surface area (Å²) in [5.41, 5.74) is 18.5. The van der Waals surface area contributed by atoms with Crippen LogP contribution < -0.4 is 0 Å². The molecule has 0 saturated heterocycles. The van der Waals surface area contributed by atoms with Gasteiger partial charge in [-0.1, -0.05) is 170 Å². The summed E-state index contributed by atoms with van der Waals surface area (Å²) in [6.07, 6.45) is 20.6. The fourth-order valence-corrected chi connectivity index (χ4v) is 12.3. The summed E-state index contributed by atoms with van der Waals surface area (Å²) in [7, 11) is 0. The van der Waals surface area contributed by atoms with Gasteiger partial charge in [0, 0.05) is 77.4 Å². The van der Waals surface area contributed by atoms with Crippen molar-refractivity contribution in [3.63, 3.8) is 0 Å². The fraction of sp³-hybridized carbons (Fsp3) is 0.0256. The topological polar surface area (TPSA) is 129 Å². The third-order valence-electron chi connectivity index (χ3n) is 16.8. The lowest BCUT2D eigenvalue weighted by Gasteiger charge is -2.21. The molecule has 16 rings (SSSR count). The Labute approximate surface area is 507 Å². The van der Waals surface area contributed by atoms with Gasteiger partial charge in [0.1, 0.15) is 0 Å². The van der Waals surface area contributed by atoms with Crippen molar-refractivity contribution in [3.05, 3.63) is 292 Å². The Bertz CT molecular complexity index is 5020. The summed E-state index contributed by atoms with van der Waals surface area (Å²) in [6.45, 7) is 0. The van der Waals surface area contributed by atoms with Crippen molar-refractivity contribution in [3.8, 4) is 113 Å². The van der Waals surface area contributed by atoms with E-state index in [4.69, 9.17) is 29.9 Å². The van der Waals surface area contributed by atoms with Gasteiger partial charge in [0.15, 0.2) is 34.9 Å². The summed E-state index contributed by atoms with van der Waals surface area (Å²) in [5, 5.41) is 6.39. The molecule has 412 valence electrons. The Hall–Kier alpha value is -11.9. The zero-order valence-corrected chi connectivity index (χ0v) is 47.4. The Morgan fingerprint density at radius 1 is 0.205 bits per heavy atom. The number of nitrogens with zero attached hydrogens (tertiary/aromatic N) is 10. The molecule has 0 bridgehead atoms. The first-order valence-corrected chi connectivity index (χ1v) is 29.4. The fourth-order valence-electron chi connectivity index (χ4n) is 12.3. The highest BCUT2D eigenvalue weighted by Gasteiger charge is 2.25. The summed E-state index contributed by atoms with van der Waals surface area (Å²) in [5.74, 6) is 3.49. The average molecular weight is 1130 g/mol. The molecule has 0 fully saturated rings. The highest BCUT2D eigenvalue weighted by molar-refractivity contribution is 6.31. The zero-order valence-electron chi connectivity index (χ0n) is 47.4. The number of rotatable bonds is 12. The summed E-state index contributed by atoms with van der Waals surface area (Å²) in [4.78, 5) is 49.6. The highest BCUT2D eigenvalue weighted by atomic mass is 15.0. The molecule has 0 amide bonds. The van der Waals surface area contributed by atoms with E-state index in [0.29, 0.717) is 34.9 Å². The zero-order chi connectivity index (χ0) is 58.3. The van der Waals surface area contributed by atoms with Crippen molar-refractivity contribution in [2.75, 3.05) is 0 Å².